The highest BCUT2D eigenvalue weighted by Crippen LogP contribution is 2.31. The van der Waals surface area contributed by atoms with Gasteiger partial charge in [0.1, 0.15) is 11.5 Å². The Morgan fingerprint density at radius 1 is 1.00 bits per heavy atom. The highest BCUT2D eigenvalue weighted by atomic mass is 79.9. The number of carbonyl (C=O) groups excluding carboxylic acids is 2. The summed E-state index contributed by atoms with van der Waals surface area (Å²) in [6.45, 7) is 1.61. The third-order valence-electron chi connectivity index (χ3n) is 5.26. The number of carbonyl (C=O) groups is 2. The molecule has 150 valence electrons. The second-order valence-electron chi connectivity index (χ2n) is 6.95. The van der Waals surface area contributed by atoms with Crippen molar-refractivity contribution in [2.45, 2.75) is 0 Å². The number of amides is 2. The number of fused-ring (bicyclic) bond motifs is 1. The van der Waals surface area contributed by atoms with E-state index in [-0.39, 0.29) is 22.4 Å². The number of aryl methyl sites for hydroxylation is 1. The monoisotopic (exact) mass is 477 g/mol. The molecule has 29 heavy (non-hydrogen) atoms. The Bertz CT molecular complexity index is 1080. The van der Waals surface area contributed by atoms with Gasteiger partial charge in [0.05, 0.1) is 15.1 Å². The van der Waals surface area contributed by atoms with Crippen LogP contribution in [0.5, 0.6) is 0 Å². The molecule has 5 nitrogen and oxygen atoms in total. The molecular weight excluding hydrogens is 461 g/mol. The van der Waals surface area contributed by atoms with Gasteiger partial charge in [0.2, 0.25) is 0 Å². The summed E-state index contributed by atoms with van der Waals surface area (Å²) in [6, 6.07) is 11.6. The maximum absolute atomic E-state index is 13.2. The molecule has 0 atom stereocenters. The van der Waals surface area contributed by atoms with Crippen LogP contribution in [0, 0.1) is 5.82 Å². The van der Waals surface area contributed by atoms with Crippen molar-refractivity contribution < 1.29 is 14.0 Å². The highest BCUT2D eigenvalue weighted by molar-refractivity contribution is 9.10. The molecule has 0 aliphatic carbocycles. The summed E-state index contributed by atoms with van der Waals surface area (Å²) in [4.78, 5) is 29.2. The van der Waals surface area contributed by atoms with Crippen LogP contribution in [-0.4, -0.2) is 52.4 Å². The van der Waals surface area contributed by atoms with Crippen LogP contribution in [0.3, 0.4) is 0 Å². The predicted molar refractivity (Wildman–Crippen MR) is 114 cm³/mol. The number of halogens is 3. The normalized spacial score (nSPS) is 14.5. The summed E-state index contributed by atoms with van der Waals surface area (Å²) < 4.78 is 15.9. The van der Waals surface area contributed by atoms with Crippen LogP contribution in [0.4, 0.5) is 4.39 Å². The zero-order chi connectivity index (χ0) is 20.7. The smallest absolute Gasteiger partial charge is 0.271 e. The number of para-hydroxylation sites is 1. The summed E-state index contributed by atoms with van der Waals surface area (Å²) in [6.07, 6.45) is 0. The van der Waals surface area contributed by atoms with Crippen molar-refractivity contribution in [2.75, 3.05) is 26.2 Å². The molecule has 0 spiro atoms. The maximum atomic E-state index is 13.2. The van der Waals surface area contributed by atoms with Crippen molar-refractivity contribution in [3.05, 3.63) is 69.0 Å². The number of hydrogen-bond acceptors (Lipinski definition) is 2. The third kappa shape index (κ3) is 3.53. The van der Waals surface area contributed by atoms with Gasteiger partial charge in [-0.2, -0.15) is 0 Å². The first-order valence-corrected chi connectivity index (χ1v) is 10.3. The van der Waals surface area contributed by atoms with Crippen molar-refractivity contribution >= 4 is 50.2 Å². The lowest BCUT2D eigenvalue weighted by Crippen LogP contribution is -2.51. The van der Waals surface area contributed by atoms with Gasteiger partial charge in [0, 0.05) is 44.1 Å². The van der Waals surface area contributed by atoms with E-state index in [4.69, 9.17) is 11.6 Å². The maximum Gasteiger partial charge on any atom is 0.271 e. The summed E-state index contributed by atoms with van der Waals surface area (Å²) in [5.74, 6) is -0.821. The molecule has 0 bridgehead atoms. The molecule has 0 unspecified atom stereocenters. The zero-order valence-electron chi connectivity index (χ0n) is 15.7. The van der Waals surface area contributed by atoms with E-state index >= 15 is 0 Å². The summed E-state index contributed by atoms with van der Waals surface area (Å²) in [7, 11) is 1.87. The van der Waals surface area contributed by atoms with Gasteiger partial charge in [0.15, 0.2) is 0 Å². The quantitative estimate of drug-likeness (QED) is 0.550. The van der Waals surface area contributed by atoms with Crippen molar-refractivity contribution in [3.8, 4) is 0 Å². The Morgan fingerprint density at radius 2 is 1.62 bits per heavy atom. The number of nitrogens with zero attached hydrogens (tertiary/aromatic N) is 3. The van der Waals surface area contributed by atoms with E-state index in [0.29, 0.717) is 31.9 Å². The summed E-state index contributed by atoms with van der Waals surface area (Å²) >= 11 is 9.59. The molecule has 2 heterocycles. The van der Waals surface area contributed by atoms with E-state index in [1.165, 1.54) is 12.1 Å². The molecule has 2 aromatic carbocycles. The van der Waals surface area contributed by atoms with E-state index in [9.17, 15) is 14.0 Å². The number of aromatic nitrogens is 1. The molecule has 0 saturated carbocycles. The lowest BCUT2D eigenvalue weighted by atomic mass is 10.1. The van der Waals surface area contributed by atoms with Gasteiger partial charge in [-0.1, -0.05) is 29.8 Å². The third-order valence-corrected chi connectivity index (χ3v) is 6.38. The molecule has 1 saturated heterocycles. The van der Waals surface area contributed by atoms with Crippen LogP contribution in [0.2, 0.25) is 5.02 Å². The average Bonchev–Trinajstić information content (AvgIpc) is 2.98. The van der Waals surface area contributed by atoms with E-state index < -0.39 is 5.82 Å². The van der Waals surface area contributed by atoms with Crippen molar-refractivity contribution in [1.29, 1.82) is 0 Å². The van der Waals surface area contributed by atoms with E-state index in [2.05, 4.69) is 15.9 Å². The van der Waals surface area contributed by atoms with Crippen LogP contribution >= 0.6 is 27.5 Å². The van der Waals surface area contributed by atoms with Gasteiger partial charge < -0.3 is 14.4 Å². The number of benzene rings is 2. The lowest BCUT2D eigenvalue weighted by molar-refractivity contribution is 0.0530. The van der Waals surface area contributed by atoms with Crippen LogP contribution in [0.15, 0.2) is 46.9 Å². The molecule has 4 rings (SSSR count). The van der Waals surface area contributed by atoms with Gasteiger partial charge in [-0.05, 0) is 40.2 Å². The second kappa shape index (κ2) is 7.80. The molecule has 0 radical (unpaired) electrons. The van der Waals surface area contributed by atoms with Crippen LogP contribution in [-0.2, 0) is 7.05 Å². The highest BCUT2D eigenvalue weighted by Gasteiger charge is 2.29. The fourth-order valence-electron chi connectivity index (χ4n) is 3.68. The molecular formula is C21H18BrClFN3O2. The van der Waals surface area contributed by atoms with Gasteiger partial charge in [-0.15, -0.1) is 0 Å². The van der Waals surface area contributed by atoms with Crippen molar-refractivity contribution in [3.63, 3.8) is 0 Å². The molecule has 8 heteroatoms. The molecule has 1 aliphatic rings. The van der Waals surface area contributed by atoms with Crippen LogP contribution in [0.25, 0.3) is 10.9 Å². The second-order valence-corrected chi connectivity index (χ2v) is 8.15. The Balaban J connectivity index is 1.50. The Hall–Kier alpha value is -2.38. The van der Waals surface area contributed by atoms with Gasteiger partial charge in [-0.25, -0.2) is 4.39 Å². The van der Waals surface area contributed by atoms with Gasteiger partial charge >= 0.3 is 0 Å². The molecule has 1 fully saturated rings. The minimum absolute atomic E-state index is 0.0810. The Kier molecular flexibility index (Phi) is 5.36. The average molecular weight is 479 g/mol. The van der Waals surface area contributed by atoms with E-state index in [0.717, 1.165) is 21.4 Å². The minimum atomic E-state index is -0.484. The van der Waals surface area contributed by atoms with E-state index in [1.807, 2.05) is 35.9 Å². The SMILES string of the molecule is Cn1c(C(=O)N2CCN(C(=O)c3ccc(F)cc3Cl)CC2)c(Br)c2ccccc21. The number of piperazine rings is 1. The van der Waals surface area contributed by atoms with Crippen LogP contribution in [0.1, 0.15) is 20.8 Å². The Labute approximate surface area is 180 Å². The Morgan fingerprint density at radius 3 is 2.24 bits per heavy atom. The standard InChI is InChI=1S/C21H18BrClFN3O2/c1-25-17-5-3-2-4-15(17)18(22)19(25)21(29)27-10-8-26(9-11-27)20(28)14-7-6-13(24)12-16(14)23/h2-7,12H,8-11H2,1H3. The van der Waals surface area contributed by atoms with Crippen LogP contribution < -0.4 is 0 Å². The molecule has 2 amide bonds. The topological polar surface area (TPSA) is 45.6 Å². The first-order valence-electron chi connectivity index (χ1n) is 9.15. The fraction of sp³-hybridized carbons (Fsp3) is 0.238. The molecule has 3 aromatic rings. The van der Waals surface area contributed by atoms with Crippen molar-refractivity contribution in [2.24, 2.45) is 7.05 Å². The molecule has 1 aromatic heterocycles. The minimum Gasteiger partial charge on any atom is -0.339 e. The number of hydrogen-bond donors (Lipinski definition) is 0. The summed E-state index contributed by atoms with van der Waals surface area (Å²) in [5.41, 5.74) is 1.83. The predicted octanol–water partition coefficient (Wildman–Crippen LogP) is 4.33. The lowest BCUT2D eigenvalue weighted by Gasteiger charge is -2.35. The summed E-state index contributed by atoms with van der Waals surface area (Å²) in [5, 5.41) is 1.08. The fourth-order valence-corrected chi connectivity index (χ4v) is 4.70. The largest absolute Gasteiger partial charge is 0.339 e. The van der Waals surface area contributed by atoms with E-state index in [1.54, 1.807) is 9.80 Å². The van der Waals surface area contributed by atoms with Gasteiger partial charge in [0.25, 0.3) is 11.8 Å². The molecule has 0 N–H and O–H groups in total. The van der Waals surface area contributed by atoms with Gasteiger partial charge in [-0.3, -0.25) is 9.59 Å². The first-order chi connectivity index (χ1) is 13.9. The zero-order valence-corrected chi connectivity index (χ0v) is 18.0. The van der Waals surface area contributed by atoms with Crippen molar-refractivity contribution in [1.82, 2.24) is 14.4 Å². The first kappa shape index (κ1) is 19.9. The number of rotatable bonds is 2. The molecule has 1 aliphatic heterocycles.